The Labute approximate surface area is 186 Å². The molecule has 2 N–H and O–H groups in total. The Bertz CT molecular complexity index is 848. The van der Waals surface area contributed by atoms with Crippen LogP contribution in [-0.2, 0) is 20.1 Å². The zero-order valence-corrected chi connectivity index (χ0v) is 20.2. The van der Waals surface area contributed by atoms with Gasteiger partial charge in [0.1, 0.15) is 0 Å². The molecule has 1 aromatic heterocycles. The summed E-state index contributed by atoms with van der Waals surface area (Å²) < 4.78 is 5.87. The number of hydrogen-bond acceptors (Lipinski definition) is 5. The van der Waals surface area contributed by atoms with Gasteiger partial charge < -0.3 is 14.6 Å². The van der Waals surface area contributed by atoms with Crippen molar-refractivity contribution in [1.82, 2.24) is 10.2 Å². The molecule has 0 aliphatic heterocycles. The Hall–Kier alpha value is -1.85. The van der Waals surface area contributed by atoms with Crippen molar-refractivity contribution in [2.45, 2.75) is 60.2 Å². The molecule has 0 aliphatic carbocycles. The summed E-state index contributed by atoms with van der Waals surface area (Å²) in [5.74, 6) is 1.08. The summed E-state index contributed by atoms with van der Waals surface area (Å²) in [7, 11) is 0. The van der Waals surface area contributed by atoms with Gasteiger partial charge in [-0.2, -0.15) is 5.10 Å². The third-order valence-corrected chi connectivity index (χ3v) is 4.24. The molecule has 29 heavy (non-hydrogen) atoms. The largest absolute Gasteiger partial charge is 0.464 e. The number of nitrogens with zero attached hydrogens (tertiary/aromatic N) is 2. The van der Waals surface area contributed by atoms with E-state index in [9.17, 15) is 0 Å². The van der Waals surface area contributed by atoms with Crippen LogP contribution in [0.1, 0.15) is 42.5 Å². The quantitative estimate of drug-likeness (QED) is 0.447. The van der Waals surface area contributed by atoms with Crippen LogP contribution in [0.25, 0.3) is 22.9 Å². The van der Waals surface area contributed by atoms with Crippen LogP contribution >= 0.6 is 0 Å². The molecule has 1 radical (unpaired) electrons. The van der Waals surface area contributed by atoms with Gasteiger partial charge in [-0.1, -0.05) is 37.1 Å². The molecule has 0 amide bonds. The van der Waals surface area contributed by atoms with Crippen molar-refractivity contribution in [2.75, 3.05) is 0 Å². The van der Waals surface area contributed by atoms with Crippen LogP contribution in [0.3, 0.4) is 0 Å². The molecule has 3 rings (SSSR count). The number of aliphatic hydroxyl groups excluding tert-OH is 2. The van der Waals surface area contributed by atoms with Crippen molar-refractivity contribution >= 4 is 0 Å². The molecule has 2 atom stereocenters. The van der Waals surface area contributed by atoms with Gasteiger partial charge in [-0.15, -0.1) is 34.4 Å². The van der Waals surface area contributed by atoms with Gasteiger partial charge in [0.25, 0.3) is 0 Å². The van der Waals surface area contributed by atoms with Gasteiger partial charge in [0.2, 0.25) is 5.89 Å². The molecular weight excluding hydrogens is 544 g/mol. The first-order valence-corrected chi connectivity index (χ1v) is 9.44. The zero-order valence-electron chi connectivity index (χ0n) is 17.8. The molecule has 0 saturated carbocycles. The van der Waals surface area contributed by atoms with Gasteiger partial charge in [0, 0.05) is 25.7 Å². The number of aromatic nitrogens is 2. The van der Waals surface area contributed by atoms with Crippen LogP contribution in [0.15, 0.2) is 34.7 Å². The number of benzene rings is 2. The molecule has 0 fully saturated rings. The molecule has 0 saturated heterocycles. The fourth-order valence-electron chi connectivity index (χ4n) is 2.79. The van der Waals surface area contributed by atoms with Crippen LogP contribution < -0.4 is 0 Å². The SMILES string of the molecule is CC(O)CC(C)O.Cc1[c-]c(-c2nnc(-c3cc(C)ccc3C)o2)c(C)cc1.[Ir]. The third kappa shape index (κ3) is 7.48. The van der Waals surface area contributed by atoms with E-state index < -0.39 is 0 Å². The Balaban J connectivity index is 0.000000456. The second-order valence-corrected chi connectivity index (χ2v) is 7.36. The van der Waals surface area contributed by atoms with Gasteiger partial charge in [-0.3, -0.25) is 0 Å². The molecule has 2 unspecified atom stereocenters. The Kier molecular flexibility index (Phi) is 9.87. The molecule has 0 spiro atoms. The maximum atomic E-state index is 8.56. The Morgan fingerprint density at radius 2 is 1.48 bits per heavy atom. The minimum Gasteiger partial charge on any atom is -0.464 e. The van der Waals surface area contributed by atoms with Crippen molar-refractivity contribution in [3.05, 3.63) is 58.7 Å². The summed E-state index contributed by atoms with van der Waals surface area (Å²) in [6.07, 6.45) is -0.278. The fourth-order valence-corrected chi connectivity index (χ4v) is 2.79. The van der Waals surface area contributed by atoms with Crippen molar-refractivity contribution in [1.29, 1.82) is 0 Å². The van der Waals surface area contributed by atoms with Crippen LogP contribution in [-0.4, -0.2) is 32.6 Å². The summed E-state index contributed by atoms with van der Waals surface area (Å²) in [5.41, 5.74) is 6.30. The third-order valence-electron chi connectivity index (χ3n) is 4.24. The topological polar surface area (TPSA) is 79.4 Å². The van der Waals surface area contributed by atoms with Crippen molar-refractivity contribution in [3.63, 3.8) is 0 Å². The van der Waals surface area contributed by atoms with Crippen LogP contribution in [0, 0.1) is 33.8 Å². The second-order valence-electron chi connectivity index (χ2n) is 7.36. The van der Waals surface area contributed by atoms with E-state index in [2.05, 4.69) is 41.4 Å². The number of hydrogen-bond donors (Lipinski definition) is 2. The van der Waals surface area contributed by atoms with Crippen LogP contribution in [0.2, 0.25) is 0 Å². The summed E-state index contributed by atoms with van der Waals surface area (Å²) in [6.45, 7) is 11.4. The minimum atomic E-state index is -0.375. The van der Waals surface area contributed by atoms with Crippen LogP contribution in [0.4, 0.5) is 0 Å². The summed E-state index contributed by atoms with van der Waals surface area (Å²) in [5, 5.41) is 25.5. The van der Waals surface area contributed by atoms with E-state index in [0.29, 0.717) is 18.2 Å². The first kappa shape index (κ1) is 25.2. The van der Waals surface area contributed by atoms with Gasteiger partial charge in [0.05, 0.1) is 12.2 Å². The maximum absolute atomic E-state index is 8.56. The molecule has 5 nitrogen and oxygen atoms in total. The second kappa shape index (κ2) is 11.4. The minimum absolute atomic E-state index is 0. The first-order chi connectivity index (χ1) is 13.2. The normalized spacial score (nSPS) is 12.4. The molecule has 0 aliphatic rings. The molecule has 0 bridgehead atoms. The molecule has 6 heteroatoms. The summed E-state index contributed by atoms with van der Waals surface area (Å²) in [4.78, 5) is 0. The monoisotopic (exact) mass is 574 g/mol. The maximum Gasteiger partial charge on any atom is 0.237 e. The Morgan fingerprint density at radius 1 is 0.897 bits per heavy atom. The molecule has 3 aromatic rings. The van der Waals surface area contributed by atoms with Gasteiger partial charge in [-0.25, -0.2) is 0 Å². The molecule has 2 aromatic carbocycles. The Morgan fingerprint density at radius 3 is 2.07 bits per heavy atom. The van der Waals surface area contributed by atoms with E-state index >= 15 is 0 Å². The van der Waals surface area contributed by atoms with E-state index in [1.165, 1.54) is 5.56 Å². The van der Waals surface area contributed by atoms with Gasteiger partial charge in [-0.05, 0) is 45.7 Å². The molecule has 159 valence electrons. The molecule has 1 heterocycles. The van der Waals surface area contributed by atoms with Crippen LogP contribution in [0.5, 0.6) is 0 Å². The average molecular weight is 574 g/mol. The predicted molar refractivity (Wildman–Crippen MR) is 111 cm³/mol. The van der Waals surface area contributed by atoms with E-state index in [1.807, 2.05) is 32.9 Å². The van der Waals surface area contributed by atoms with Gasteiger partial charge >= 0.3 is 0 Å². The van der Waals surface area contributed by atoms with E-state index in [-0.39, 0.29) is 32.3 Å². The van der Waals surface area contributed by atoms with E-state index in [1.54, 1.807) is 13.8 Å². The van der Waals surface area contributed by atoms with E-state index in [0.717, 1.165) is 27.8 Å². The summed E-state index contributed by atoms with van der Waals surface area (Å²) in [6, 6.07) is 13.6. The number of rotatable bonds is 4. The predicted octanol–water partition coefficient (Wildman–Crippen LogP) is 4.57. The average Bonchev–Trinajstić information content (AvgIpc) is 3.08. The number of aliphatic hydroxyl groups is 2. The first-order valence-electron chi connectivity index (χ1n) is 9.44. The zero-order chi connectivity index (χ0) is 20.8. The number of aryl methyl sites for hydroxylation is 4. The van der Waals surface area contributed by atoms with Crippen molar-refractivity contribution in [3.8, 4) is 22.9 Å². The van der Waals surface area contributed by atoms with E-state index in [4.69, 9.17) is 14.6 Å². The smallest absolute Gasteiger partial charge is 0.237 e. The summed E-state index contributed by atoms with van der Waals surface area (Å²) >= 11 is 0. The van der Waals surface area contributed by atoms with Gasteiger partial charge in [0.15, 0.2) is 5.89 Å². The fraction of sp³-hybridized carbons (Fsp3) is 0.391. The molecular formula is C23H29IrN2O3-. The van der Waals surface area contributed by atoms with Crippen molar-refractivity contribution in [2.24, 2.45) is 0 Å². The van der Waals surface area contributed by atoms with Crippen molar-refractivity contribution < 1.29 is 34.7 Å². The standard InChI is InChI=1S/C18H17N2O.C5H12O2.Ir/c1-11-5-7-13(3)15(9-11)17-19-20-18(21-17)16-10-12(2)6-8-14(16)4;1-4(6)3-5(2)7;/h5-9H,1-4H3;4-7H,3H2,1-2H3;/q-1;;.